The van der Waals surface area contributed by atoms with E-state index in [1.165, 1.54) is 0 Å². The number of para-hydroxylation sites is 2. The molecule has 0 bridgehead atoms. The molecule has 2 aromatic rings. The first kappa shape index (κ1) is 16.8. The van der Waals surface area contributed by atoms with Crippen molar-refractivity contribution in [3.05, 3.63) is 52.5 Å². The van der Waals surface area contributed by atoms with Gasteiger partial charge in [0.2, 0.25) is 0 Å². The van der Waals surface area contributed by atoms with Crippen LogP contribution < -0.4 is 15.4 Å². The van der Waals surface area contributed by atoms with E-state index in [0.29, 0.717) is 10.0 Å². The third-order valence-electron chi connectivity index (χ3n) is 2.88. The van der Waals surface area contributed by atoms with E-state index in [1.54, 1.807) is 6.07 Å². The Labute approximate surface area is 141 Å². The van der Waals surface area contributed by atoms with Crippen LogP contribution in [0.3, 0.4) is 0 Å². The summed E-state index contributed by atoms with van der Waals surface area (Å²) in [5.74, 6) is 0.864. The lowest BCUT2D eigenvalue weighted by molar-refractivity contribution is 0.243. The van der Waals surface area contributed by atoms with Crippen molar-refractivity contribution < 1.29 is 4.74 Å². The van der Waals surface area contributed by atoms with E-state index in [2.05, 4.69) is 10.6 Å². The molecule has 0 aliphatic heterocycles. The van der Waals surface area contributed by atoms with Crippen molar-refractivity contribution >= 4 is 34.6 Å². The summed E-state index contributed by atoms with van der Waals surface area (Å²) in [5.41, 5.74) is 1.90. The summed E-state index contributed by atoms with van der Waals surface area (Å²) in [6, 6.07) is 13.3. The van der Waals surface area contributed by atoms with Crippen molar-refractivity contribution in [2.24, 2.45) is 0 Å². The standard InChI is InChI=1S/C17H20Cl2N2O/c1-12(2)22-17-6-4-3-5-16(17)21-8-7-20-15-10-13(18)9-14(19)11-15/h3-6,9-12,20-21H,7-8H2,1-2H3. The van der Waals surface area contributed by atoms with Crippen LogP contribution >= 0.6 is 23.2 Å². The molecule has 0 amide bonds. The summed E-state index contributed by atoms with van der Waals surface area (Å²) in [4.78, 5) is 0. The molecule has 0 atom stereocenters. The number of anilines is 2. The lowest BCUT2D eigenvalue weighted by atomic mass is 10.3. The number of rotatable bonds is 7. The molecule has 0 saturated carbocycles. The Balaban J connectivity index is 1.86. The second-order valence-corrected chi connectivity index (χ2v) is 6.05. The molecule has 0 spiro atoms. The molecule has 0 heterocycles. The number of ether oxygens (including phenoxy) is 1. The molecule has 2 aromatic carbocycles. The smallest absolute Gasteiger partial charge is 0.142 e. The fourth-order valence-corrected chi connectivity index (χ4v) is 2.56. The van der Waals surface area contributed by atoms with E-state index in [0.717, 1.165) is 30.2 Å². The Morgan fingerprint density at radius 2 is 1.59 bits per heavy atom. The van der Waals surface area contributed by atoms with Crippen molar-refractivity contribution in [2.75, 3.05) is 23.7 Å². The SMILES string of the molecule is CC(C)Oc1ccccc1NCCNc1cc(Cl)cc(Cl)c1. The Morgan fingerprint density at radius 3 is 2.27 bits per heavy atom. The fourth-order valence-electron chi connectivity index (χ4n) is 2.03. The van der Waals surface area contributed by atoms with Gasteiger partial charge < -0.3 is 15.4 Å². The topological polar surface area (TPSA) is 33.3 Å². The Hall–Kier alpha value is -1.58. The zero-order valence-electron chi connectivity index (χ0n) is 12.7. The molecule has 0 aromatic heterocycles. The molecule has 2 rings (SSSR count). The van der Waals surface area contributed by atoms with E-state index in [4.69, 9.17) is 27.9 Å². The Bertz CT molecular complexity index is 597. The fraction of sp³-hybridized carbons (Fsp3) is 0.294. The van der Waals surface area contributed by atoms with Crippen LogP contribution in [0.2, 0.25) is 10.0 Å². The molecule has 0 aliphatic carbocycles. The van der Waals surface area contributed by atoms with Gasteiger partial charge in [-0.2, -0.15) is 0 Å². The number of hydrogen-bond acceptors (Lipinski definition) is 3. The van der Waals surface area contributed by atoms with Crippen LogP contribution in [-0.2, 0) is 0 Å². The molecule has 0 unspecified atom stereocenters. The minimum atomic E-state index is 0.148. The van der Waals surface area contributed by atoms with Gasteiger partial charge >= 0.3 is 0 Å². The zero-order chi connectivity index (χ0) is 15.9. The molecule has 0 aliphatic rings. The lowest BCUT2D eigenvalue weighted by Crippen LogP contribution is -2.15. The summed E-state index contributed by atoms with van der Waals surface area (Å²) in [6.07, 6.45) is 0.148. The molecule has 0 saturated heterocycles. The summed E-state index contributed by atoms with van der Waals surface area (Å²) >= 11 is 11.9. The number of benzene rings is 2. The summed E-state index contributed by atoms with van der Waals surface area (Å²) in [6.45, 7) is 5.53. The van der Waals surface area contributed by atoms with Crippen molar-refractivity contribution in [3.63, 3.8) is 0 Å². The van der Waals surface area contributed by atoms with E-state index in [-0.39, 0.29) is 6.10 Å². The van der Waals surface area contributed by atoms with Gasteiger partial charge in [0.25, 0.3) is 0 Å². The highest BCUT2D eigenvalue weighted by atomic mass is 35.5. The minimum Gasteiger partial charge on any atom is -0.489 e. The van der Waals surface area contributed by atoms with Crippen molar-refractivity contribution in [1.82, 2.24) is 0 Å². The summed E-state index contributed by atoms with van der Waals surface area (Å²) < 4.78 is 5.77. The lowest BCUT2D eigenvalue weighted by Gasteiger charge is -2.16. The number of hydrogen-bond donors (Lipinski definition) is 2. The number of nitrogens with one attached hydrogen (secondary N) is 2. The third-order valence-corrected chi connectivity index (χ3v) is 3.32. The highest BCUT2D eigenvalue weighted by Crippen LogP contribution is 2.25. The summed E-state index contributed by atoms with van der Waals surface area (Å²) in [5, 5.41) is 7.90. The van der Waals surface area contributed by atoms with Crippen molar-refractivity contribution in [3.8, 4) is 5.75 Å². The molecule has 3 nitrogen and oxygen atoms in total. The molecule has 0 fully saturated rings. The molecular formula is C17H20Cl2N2O. The van der Waals surface area contributed by atoms with Crippen LogP contribution in [0.15, 0.2) is 42.5 Å². The first-order chi connectivity index (χ1) is 10.5. The zero-order valence-corrected chi connectivity index (χ0v) is 14.2. The monoisotopic (exact) mass is 338 g/mol. The number of halogens is 2. The molecule has 5 heteroatoms. The average molecular weight is 339 g/mol. The Kier molecular flexibility index (Phi) is 6.22. The van der Waals surface area contributed by atoms with E-state index in [9.17, 15) is 0 Å². The van der Waals surface area contributed by atoms with Crippen molar-refractivity contribution in [2.45, 2.75) is 20.0 Å². The molecule has 2 N–H and O–H groups in total. The van der Waals surface area contributed by atoms with E-state index in [1.807, 2.05) is 50.2 Å². The van der Waals surface area contributed by atoms with Crippen LogP contribution in [0.5, 0.6) is 5.75 Å². The average Bonchev–Trinajstić information content (AvgIpc) is 2.43. The second-order valence-electron chi connectivity index (χ2n) is 5.17. The van der Waals surface area contributed by atoms with Gasteiger partial charge in [-0.3, -0.25) is 0 Å². The normalized spacial score (nSPS) is 10.6. The van der Waals surface area contributed by atoms with Crippen LogP contribution in [0.25, 0.3) is 0 Å². The van der Waals surface area contributed by atoms with Crippen molar-refractivity contribution in [1.29, 1.82) is 0 Å². The van der Waals surface area contributed by atoms with Gasteiger partial charge in [-0.1, -0.05) is 35.3 Å². The largest absolute Gasteiger partial charge is 0.489 e. The van der Waals surface area contributed by atoms with E-state index >= 15 is 0 Å². The quantitative estimate of drug-likeness (QED) is 0.671. The second kappa shape index (κ2) is 8.16. The highest BCUT2D eigenvalue weighted by molar-refractivity contribution is 6.35. The Morgan fingerprint density at radius 1 is 0.955 bits per heavy atom. The van der Waals surface area contributed by atoms with Gasteiger partial charge in [0.15, 0.2) is 0 Å². The predicted octanol–water partition coefficient (Wildman–Crippen LogP) is 5.30. The highest BCUT2D eigenvalue weighted by Gasteiger charge is 2.04. The van der Waals surface area contributed by atoms with Gasteiger partial charge in [0, 0.05) is 28.8 Å². The maximum atomic E-state index is 5.97. The minimum absolute atomic E-state index is 0.148. The maximum absolute atomic E-state index is 5.97. The van der Waals surface area contributed by atoms with Gasteiger partial charge in [-0.15, -0.1) is 0 Å². The van der Waals surface area contributed by atoms with Gasteiger partial charge in [0.05, 0.1) is 11.8 Å². The molecule has 22 heavy (non-hydrogen) atoms. The van der Waals surface area contributed by atoms with Gasteiger partial charge in [-0.05, 0) is 44.2 Å². The van der Waals surface area contributed by atoms with Crippen LogP contribution in [0.4, 0.5) is 11.4 Å². The molecule has 118 valence electrons. The molecule has 0 radical (unpaired) electrons. The molecular weight excluding hydrogens is 319 g/mol. The van der Waals surface area contributed by atoms with Crippen LogP contribution in [-0.4, -0.2) is 19.2 Å². The van der Waals surface area contributed by atoms with Gasteiger partial charge in [-0.25, -0.2) is 0 Å². The van der Waals surface area contributed by atoms with Crippen LogP contribution in [0, 0.1) is 0 Å². The predicted molar refractivity (Wildman–Crippen MR) is 95.6 cm³/mol. The maximum Gasteiger partial charge on any atom is 0.142 e. The van der Waals surface area contributed by atoms with E-state index < -0.39 is 0 Å². The first-order valence-corrected chi connectivity index (χ1v) is 7.99. The first-order valence-electron chi connectivity index (χ1n) is 7.24. The van der Waals surface area contributed by atoms with Crippen LogP contribution in [0.1, 0.15) is 13.8 Å². The third kappa shape index (κ3) is 5.32. The summed E-state index contributed by atoms with van der Waals surface area (Å²) in [7, 11) is 0. The van der Waals surface area contributed by atoms with Gasteiger partial charge in [0.1, 0.15) is 5.75 Å².